The smallest absolute Gasteiger partial charge is 0.356 e. The second-order valence-electron chi connectivity index (χ2n) is 3.71. The second-order valence-corrected chi connectivity index (χ2v) is 4.15. The Morgan fingerprint density at radius 3 is 2.56 bits per heavy atom. The molecule has 1 heterocycles. The molecule has 0 amide bonds. The highest BCUT2D eigenvalue weighted by molar-refractivity contribution is 6.30. The number of rotatable bonds is 3. The molecule has 2 aromatic rings. The molecule has 0 fully saturated rings. The highest BCUT2D eigenvalue weighted by Gasteiger charge is 2.18. The molecular formula is C11H10ClN3O3. The summed E-state index contributed by atoms with van der Waals surface area (Å²) >= 11 is 5.74. The Morgan fingerprint density at radius 1 is 1.39 bits per heavy atom. The van der Waals surface area contributed by atoms with E-state index in [1.165, 1.54) is 0 Å². The molecule has 0 atom stereocenters. The predicted octanol–water partition coefficient (Wildman–Crippen LogP) is 1.16. The van der Waals surface area contributed by atoms with Crippen LogP contribution in [-0.4, -0.2) is 20.6 Å². The standard InChI is InChI=1S/C11H10ClN3O3/c12-7-3-1-6(2-4-7)5-15-8(10(16)17)9(13)14-11(15)18/h1-4H,5,13H2,(H,14,18)(H,16,17). The summed E-state index contributed by atoms with van der Waals surface area (Å²) in [5.74, 6) is -1.40. The Balaban J connectivity index is 2.43. The average Bonchev–Trinajstić information content (AvgIpc) is 2.57. The zero-order valence-corrected chi connectivity index (χ0v) is 9.94. The van der Waals surface area contributed by atoms with Crippen LogP contribution in [-0.2, 0) is 6.54 Å². The minimum atomic E-state index is -1.25. The normalized spacial score (nSPS) is 10.5. The number of hydrogen-bond donors (Lipinski definition) is 3. The molecule has 4 N–H and O–H groups in total. The summed E-state index contributed by atoms with van der Waals surface area (Å²) < 4.78 is 1.07. The first-order chi connectivity index (χ1) is 8.49. The third kappa shape index (κ3) is 2.23. The summed E-state index contributed by atoms with van der Waals surface area (Å²) in [6.45, 7) is 0.116. The van der Waals surface area contributed by atoms with Crippen molar-refractivity contribution in [2.24, 2.45) is 0 Å². The van der Waals surface area contributed by atoms with E-state index in [1.54, 1.807) is 24.3 Å². The minimum absolute atomic E-state index is 0.116. The van der Waals surface area contributed by atoms with Gasteiger partial charge in [0, 0.05) is 5.02 Å². The summed E-state index contributed by atoms with van der Waals surface area (Å²) in [5, 5.41) is 9.57. The Kier molecular flexibility index (Phi) is 3.12. The predicted molar refractivity (Wildman–Crippen MR) is 67.0 cm³/mol. The van der Waals surface area contributed by atoms with Crippen molar-refractivity contribution >= 4 is 23.4 Å². The molecule has 0 radical (unpaired) electrons. The number of hydrogen-bond acceptors (Lipinski definition) is 3. The van der Waals surface area contributed by atoms with Gasteiger partial charge < -0.3 is 10.8 Å². The van der Waals surface area contributed by atoms with E-state index in [4.69, 9.17) is 22.4 Å². The lowest BCUT2D eigenvalue weighted by Crippen LogP contribution is -2.21. The number of benzene rings is 1. The summed E-state index contributed by atoms with van der Waals surface area (Å²) in [6, 6.07) is 6.75. The van der Waals surface area contributed by atoms with E-state index < -0.39 is 11.7 Å². The molecule has 0 saturated carbocycles. The second kappa shape index (κ2) is 4.58. The molecule has 0 aliphatic heterocycles. The molecule has 18 heavy (non-hydrogen) atoms. The molecule has 94 valence electrons. The van der Waals surface area contributed by atoms with Crippen LogP contribution in [0.2, 0.25) is 5.02 Å². The molecule has 7 heteroatoms. The van der Waals surface area contributed by atoms with Gasteiger partial charge in [0.25, 0.3) is 0 Å². The number of halogens is 1. The first-order valence-corrected chi connectivity index (χ1v) is 5.43. The molecule has 0 aliphatic rings. The fourth-order valence-corrected chi connectivity index (χ4v) is 1.77. The van der Waals surface area contributed by atoms with Gasteiger partial charge in [0.1, 0.15) is 5.82 Å². The van der Waals surface area contributed by atoms with E-state index in [9.17, 15) is 9.59 Å². The molecule has 1 aromatic heterocycles. The van der Waals surface area contributed by atoms with Gasteiger partial charge in [-0.25, -0.2) is 9.59 Å². The number of carbonyl (C=O) groups is 1. The zero-order chi connectivity index (χ0) is 13.3. The number of nitrogens with one attached hydrogen (secondary N) is 1. The van der Waals surface area contributed by atoms with Gasteiger partial charge >= 0.3 is 11.7 Å². The van der Waals surface area contributed by atoms with E-state index in [2.05, 4.69) is 4.98 Å². The van der Waals surface area contributed by atoms with Gasteiger partial charge in [0.05, 0.1) is 6.54 Å². The van der Waals surface area contributed by atoms with Gasteiger partial charge in [-0.3, -0.25) is 9.55 Å². The average molecular weight is 268 g/mol. The van der Waals surface area contributed by atoms with E-state index in [-0.39, 0.29) is 18.1 Å². The lowest BCUT2D eigenvalue weighted by Gasteiger charge is -2.04. The largest absolute Gasteiger partial charge is 0.476 e. The minimum Gasteiger partial charge on any atom is -0.476 e. The Bertz CT molecular complexity index is 643. The van der Waals surface area contributed by atoms with Crippen LogP contribution in [0.4, 0.5) is 5.82 Å². The summed E-state index contributed by atoms with van der Waals surface area (Å²) in [7, 11) is 0. The summed E-state index contributed by atoms with van der Waals surface area (Å²) in [5.41, 5.74) is 5.40. The molecule has 6 nitrogen and oxygen atoms in total. The topological polar surface area (TPSA) is 101 Å². The maximum Gasteiger partial charge on any atom is 0.356 e. The summed E-state index contributed by atoms with van der Waals surface area (Å²) in [4.78, 5) is 24.9. The number of nitrogens with two attached hydrogens (primary N) is 1. The van der Waals surface area contributed by atoms with Crippen LogP contribution in [0, 0.1) is 0 Å². The number of H-pyrrole nitrogens is 1. The van der Waals surface area contributed by atoms with Crippen LogP contribution in [0.15, 0.2) is 29.1 Å². The van der Waals surface area contributed by atoms with Crippen LogP contribution >= 0.6 is 11.6 Å². The van der Waals surface area contributed by atoms with Crippen molar-refractivity contribution in [3.05, 3.63) is 51.0 Å². The van der Waals surface area contributed by atoms with Gasteiger partial charge in [0.2, 0.25) is 0 Å². The number of aromatic nitrogens is 2. The van der Waals surface area contributed by atoms with Gasteiger partial charge in [-0.05, 0) is 17.7 Å². The number of carboxylic acids is 1. The van der Waals surface area contributed by atoms with E-state index in [0.717, 1.165) is 10.1 Å². The van der Waals surface area contributed by atoms with Crippen molar-refractivity contribution in [3.8, 4) is 0 Å². The SMILES string of the molecule is Nc1[nH]c(=O)n(Cc2ccc(Cl)cc2)c1C(=O)O. The third-order valence-electron chi connectivity index (χ3n) is 2.47. The number of anilines is 1. The number of nitrogens with zero attached hydrogens (tertiary/aromatic N) is 1. The zero-order valence-electron chi connectivity index (χ0n) is 9.18. The van der Waals surface area contributed by atoms with Crippen molar-refractivity contribution in [1.82, 2.24) is 9.55 Å². The van der Waals surface area contributed by atoms with Crippen molar-refractivity contribution in [3.63, 3.8) is 0 Å². The van der Waals surface area contributed by atoms with Gasteiger partial charge in [0.15, 0.2) is 5.69 Å². The van der Waals surface area contributed by atoms with Crippen molar-refractivity contribution in [1.29, 1.82) is 0 Å². The lowest BCUT2D eigenvalue weighted by molar-refractivity contribution is 0.0686. The molecule has 0 unspecified atom stereocenters. The van der Waals surface area contributed by atoms with Crippen LogP contribution in [0.1, 0.15) is 16.1 Å². The van der Waals surface area contributed by atoms with Gasteiger partial charge in [-0.2, -0.15) is 0 Å². The molecule has 0 aliphatic carbocycles. The molecule has 0 saturated heterocycles. The quantitative estimate of drug-likeness (QED) is 0.777. The molecule has 1 aromatic carbocycles. The number of aromatic amines is 1. The highest BCUT2D eigenvalue weighted by Crippen LogP contribution is 2.12. The number of imidazole rings is 1. The monoisotopic (exact) mass is 267 g/mol. The molecule has 2 rings (SSSR count). The molecular weight excluding hydrogens is 258 g/mol. The van der Waals surface area contributed by atoms with Crippen molar-refractivity contribution in [2.45, 2.75) is 6.54 Å². The molecule has 0 bridgehead atoms. The Labute approximate surface area is 107 Å². The first kappa shape index (κ1) is 12.3. The fraction of sp³-hybridized carbons (Fsp3) is 0.0909. The number of carboxylic acid groups (broad SMARTS) is 1. The van der Waals surface area contributed by atoms with E-state index >= 15 is 0 Å². The lowest BCUT2D eigenvalue weighted by atomic mass is 10.2. The van der Waals surface area contributed by atoms with Crippen LogP contribution in [0.25, 0.3) is 0 Å². The van der Waals surface area contributed by atoms with Crippen LogP contribution in [0.3, 0.4) is 0 Å². The fourth-order valence-electron chi connectivity index (χ4n) is 1.64. The van der Waals surface area contributed by atoms with E-state index in [1.807, 2.05) is 0 Å². The Morgan fingerprint density at radius 2 is 2.00 bits per heavy atom. The van der Waals surface area contributed by atoms with Crippen molar-refractivity contribution in [2.75, 3.05) is 5.73 Å². The maximum atomic E-state index is 11.6. The number of nitrogen functional groups attached to an aromatic ring is 1. The maximum absolute atomic E-state index is 11.6. The first-order valence-electron chi connectivity index (χ1n) is 5.05. The van der Waals surface area contributed by atoms with E-state index in [0.29, 0.717) is 5.02 Å². The summed E-state index contributed by atoms with van der Waals surface area (Å²) in [6.07, 6.45) is 0. The third-order valence-corrected chi connectivity index (χ3v) is 2.72. The van der Waals surface area contributed by atoms with Gasteiger partial charge in [-0.15, -0.1) is 0 Å². The molecule has 0 spiro atoms. The van der Waals surface area contributed by atoms with Crippen LogP contribution in [0.5, 0.6) is 0 Å². The van der Waals surface area contributed by atoms with Crippen molar-refractivity contribution < 1.29 is 9.90 Å². The highest BCUT2D eigenvalue weighted by atomic mass is 35.5. The number of aromatic carboxylic acids is 1. The Hall–Kier alpha value is -2.21. The van der Waals surface area contributed by atoms with Crippen LogP contribution < -0.4 is 11.4 Å². The van der Waals surface area contributed by atoms with Gasteiger partial charge in [-0.1, -0.05) is 23.7 Å².